The summed E-state index contributed by atoms with van der Waals surface area (Å²) in [5.74, 6) is 0.940. The Morgan fingerprint density at radius 3 is 2.49 bits per heavy atom. The Hall–Kier alpha value is -3.61. The fourth-order valence-corrected chi connectivity index (χ4v) is 4.89. The van der Waals surface area contributed by atoms with E-state index in [1.54, 1.807) is 17.7 Å². The molecule has 1 N–H and O–H groups in total. The van der Waals surface area contributed by atoms with Crippen molar-refractivity contribution in [2.75, 3.05) is 29.9 Å². The number of pyridine rings is 2. The van der Waals surface area contributed by atoms with E-state index >= 15 is 0 Å². The number of carbonyl (C=O) groups is 1. The summed E-state index contributed by atoms with van der Waals surface area (Å²) in [6.45, 7) is 8.49. The molecule has 0 atom stereocenters. The normalized spacial score (nSPS) is 16.1. The molecule has 2 aliphatic heterocycles. The summed E-state index contributed by atoms with van der Waals surface area (Å²) >= 11 is 0. The number of piperidine rings is 1. The van der Waals surface area contributed by atoms with Gasteiger partial charge in [-0.25, -0.2) is 9.78 Å². The number of nitrogens with one attached hydrogen (secondary N) is 1. The minimum atomic E-state index is -0.0200. The van der Waals surface area contributed by atoms with E-state index in [0.717, 1.165) is 67.1 Å². The van der Waals surface area contributed by atoms with Gasteiger partial charge >= 0.3 is 6.03 Å². The van der Waals surface area contributed by atoms with Crippen molar-refractivity contribution in [3.05, 3.63) is 76.3 Å². The van der Waals surface area contributed by atoms with Crippen molar-refractivity contribution < 1.29 is 4.79 Å². The van der Waals surface area contributed by atoms with Gasteiger partial charge in [0.15, 0.2) is 0 Å². The van der Waals surface area contributed by atoms with Gasteiger partial charge < -0.3 is 19.7 Å². The fraction of sp³-hybridized carbons (Fsp3) is 0.393. The molecule has 1 aromatic carbocycles. The summed E-state index contributed by atoms with van der Waals surface area (Å²) in [6, 6.07) is 13.9. The quantitative estimate of drug-likeness (QED) is 0.591. The molecule has 0 bridgehead atoms. The van der Waals surface area contributed by atoms with E-state index in [2.05, 4.69) is 27.3 Å². The highest BCUT2D eigenvalue weighted by molar-refractivity contribution is 5.91. The molecule has 0 saturated carbocycles. The van der Waals surface area contributed by atoms with Crippen molar-refractivity contribution in [3.8, 4) is 11.1 Å². The lowest BCUT2D eigenvalue weighted by Crippen LogP contribution is -2.49. The Kier molecular flexibility index (Phi) is 7.54. The Morgan fingerprint density at radius 1 is 1.00 bits per heavy atom. The molecule has 1 saturated heterocycles. The van der Waals surface area contributed by atoms with Crippen molar-refractivity contribution >= 4 is 17.5 Å². The lowest BCUT2D eigenvalue weighted by atomic mass is 10.0. The smallest absolute Gasteiger partial charge is 0.322 e. The second-order valence-corrected chi connectivity index (χ2v) is 8.97. The number of benzene rings is 1. The molecule has 2 amide bonds. The molecule has 5 rings (SSSR count). The van der Waals surface area contributed by atoms with Crippen LogP contribution in [0.2, 0.25) is 0 Å². The first kappa shape index (κ1) is 24.5. The second kappa shape index (κ2) is 10.8. The SMILES string of the molecule is CC.Cc1cnc(N2CCC(N3CCc4ccccc4NC3=O)CC2)cc1-c1ccc(=O)n(C)c1. The highest BCUT2D eigenvalue weighted by atomic mass is 16.2. The molecule has 2 aliphatic rings. The molecule has 4 heterocycles. The predicted molar refractivity (Wildman–Crippen MR) is 142 cm³/mol. The van der Waals surface area contributed by atoms with Crippen molar-refractivity contribution in [1.82, 2.24) is 14.5 Å². The lowest BCUT2D eigenvalue weighted by Gasteiger charge is -2.38. The third-order valence-electron chi connectivity index (χ3n) is 6.86. The van der Waals surface area contributed by atoms with Gasteiger partial charge in [-0.15, -0.1) is 0 Å². The summed E-state index contributed by atoms with van der Waals surface area (Å²) < 4.78 is 1.60. The first-order valence-electron chi connectivity index (χ1n) is 12.5. The number of nitrogens with zero attached hydrogens (tertiary/aromatic N) is 4. The largest absolute Gasteiger partial charge is 0.356 e. The van der Waals surface area contributed by atoms with E-state index in [1.165, 1.54) is 5.56 Å². The topological polar surface area (TPSA) is 70.5 Å². The zero-order valence-corrected chi connectivity index (χ0v) is 21.1. The molecule has 1 fully saturated rings. The van der Waals surface area contributed by atoms with Crippen molar-refractivity contribution in [3.63, 3.8) is 0 Å². The minimum absolute atomic E-state index is 0.00355. The Balaban J connectivity index is 0.00000141. The summed E-state index contributed by atoms with van der Waals surface area (Å²) in [6.07, 6.45) is 6.47. The minimum Gasteiger partial charge on any atom is -0.356 e. The number of aromatic nitrogens is 2. The van der Waals surface area contributed by atoms with Gasteiger partial charge in [0, 0.05) is 56.9 Å². The van der Waals surface area contributed by atoms with E-state index in [1.807, 2.05) is 62.3 Å². The number of carbonyl (C=O) groups excluding carboxylic acids is 1. The summed E-state index contributed by atoms with van der Waals surface area (Å²) in [5, 5.41) is 3.09. The Morgan fingerprint density at radius 2 is 1.74 bits per heavy atom. The van der Waals surface area contributed by atoms with Crippen LogP contribution in [-0.2, 0) is 13.5 Å². The number of aryl methyl sites for hydroxylation is 2. The highest BCUT2D eigenvalue weighted by Gasteiger charge is 2.30. The molecule has 0 aliphatic carbocycles. The molecule has 0 spiro atoms. The van der Waals surface area contributed by atoms with Crippen LogP contribution in [-0.4, -0.2) is 46.2 Å². The third kappa shape index (κ3) is 5.24. The van der Waals surface area contributed by atoms with Gasteiger partial charge in [-0.2, -0.15) is 0 Å². The first-order valence-corrected chi connectivity index (χ1v) is 12.5. The van der Waals surface area contributed by atoms with Gasteiger partial charge in [0.2, 0.25) is 5.56 Å². The average molecular weight is 474 g/mol. The highest BCUT2D eigenvalue weighted by Crippen LogP contribution is 2.29. The summed E-state index contributed by atoms with van der Waals surface area (Å²) in [7, 11) is 1.77. The second-order valence-electron chi connectivity index (χ2n) is 8.97. The number of rotatable bonds is 3. The van der Waals surface area contributed by atoms with E-state index in [-0.39, 0.29) is 17.6 Å². The number of anilines is 2. The molecule has 35 heavy (non-hydrogen) atoms. The third-order valence-corrected chi connectivity index (χ3v) is 6.86. The first-order chi connectivity index (χ1) is 17.0. The molecular weight excluding hydrogens is 438 g/mol. The van der Waals surface area contributed by atoms with Crippen molar-refractivity contribution in [2.45, 2.75) is 46.1 Å². The fourth-order valence-electron chi connectivity index (χ4n) is 4.89. The number of fused-ring (bicyclic) bond motifs is 1. The molecule has 7 nitrogen and oxygen atoms in total. The number of amides is 2. The average Bonchev–Trinajstić information content (AvgIpc) is 3.05. The summed E-state index contributed by atoms with van der Waals surface area (Å²) in [4.78, 5) is 33.7. The van der Waals surface area contributed by atoms with Crippen LogP contribution in [0.5, 0.6) is 0 Å². The molecule has 2 aromatic heterocycles. The van der Waals surface area contributed by atoms with Crippen LogP contribution in [0, 0.1) is 6.92 Å². The van der Waals surface area contributed by atoms with Crippen LogP contribution in [0.1, 0.15) is 37.8 Å². The van der Waals surface area contributed by atoms with Gasteiger partial charge in [-0.3, -0.25) is 4.79 Å². The molecule has 0 radical (unpaired) electrons. The van der Waals surface area contributed by atoms with Gasteiger partial charge in [0.25, 0.3) is 0 Å². The maximum atomic E-state index is 12.9. The Labute approximate surface area is 207 Å². The number of urea groups is 1. The number of hydrogen-bond donors (Lipinski definition) is 1. The van der Waals surface area contributed by atoms with Gasteiger partial charge in [0.05, 0.1) is 0 Å². The van der Waals surface area contributed by atoms with Crippen molar-refractivity contribution in [1.29, 1.82) is 0 Å². The molecule has 184 valence electrons. The van der Waals surface area contributed by atoms with Gasteiger partial charge in [-0.05, 0) is 66.6 Å². The van der Waals surface area contributed by atoms with Gasteiger partial charge in [0.1, 0.15) is 5.82 Å². The van der Waals surface area contributed by atoms with Crippen LogP contribution < -0.4 is 15.8 Å². The van der Waals surface area contributed by atoms with E-state index in [0.29, 0.717) is 0 Å². The van der Waals surface area contributed by atoms with Crippen LogP contribution in [0.3, 0.4) is 0 Å². The maximum Gasteiger partial charge on any atom is 0.322 e. The van der Waals surface area contributed by atoms with Crippen LogP contribution in [0.15, 0.2) is 59.7 Å². The van der Waals surface area contributed by atoms with Crippen LogP contribution in [0.4, 0.5) is 16.3 Å². The molecule has 0 unspecified atom stereocenters. The predicted octanol–water partition coefficient (Wildman–Crippen LogP) is 4.84. The number of hydrogen-bond acceptors (Lipinski definition) is 4. The number of para-hydroxylation sites is 1. The zero-order valence-electron chi connectivity index (χ0n) is 21.1. The molecular formula is C28H35N5O2. The van der Waals surface area contributed by atoms with Crippen molar-refractivity contribution in [2.24, 2.45) is 7.05 Å². The Bertz CT molecular complexity index is 1240. The van der Waals surface area contributed by atoms with E-state index < -0.39 is 0 Å². The van der Waals surface area contributed by atoms with Crippen LogP contribution in [0.25, 0.3) is 11.1 Å². The lowest BCUT2D eigenvalue weighted by molar-refractivity contribution is 0.177. The standard InChI is InChI=1S/C26H29N5O2.C2H6/c1-18-16-27-24(15-22(18)20-7-8-25(32)29(2)17-20)30-12-10-21(11-13-30)31-14-9-19-5-3-4-6-23(19)28-26(31)33;1-2/h3-8,15-17,21H,9-14H2,1-2H3,(H,28,33);1-2H3. The maximum absolute atomic E-state index is 12.9. The van der Waals surface area contributed by atoms with E-state index in [9.17, 15) is 9.59 Å². The van der Waals surface area contributed by atoms with E-state index in [4.69, 9.17) is 0 Å². The van der Waals surface area contributed by atoms with Crippen LogP contribution >= 0.6 is 0 Å². The summed E-state index contributed by atoms with van der Waals surface area (Å²) in [5.41, 5.74) is 5.27. The van der Waals surface area contributed by atoms with Gasteiger partial charge in [-0.1, -0.05) is 32.0 Å². The zero-order chi connectivity index (χ0) is 24.9. The monoisotopic (exact) mass is 473 g/mol. The molecule has 3 aromatic rings. The molecule has 7 heteroatoms.